The van der Waals surface area contributed by atoms with Gasteiger partial charge in [-0.25, -0.2) is 4.79 Å². The van der Waals surface area contributed by atoms with Crippen LogP contribution < -0.4 is 26.8 Å². The third-order valence-corrected chi connectivity index (χ3v) is 4.38. The highest BCUT2D eigenvalue weighted by Crippen LogP contribution is 2.18. The number of amides is 1. The van der Waals surface area contributed by atoms with E-state index in [0.29, 0.717) is 13.1 Å². The summed E-state index contributed by atoms with van der Waals surface area (Å²) in [6, 6.07) is 9.20. The van der Waals surface area contributed by atoms with Crippen molar-refractivity contribution < 1.29 is 4.79 Å². The number of carbonyl (C=O) groups excluding carboxylic acids is 1. The quantitative estimate of drug-likeness (QED) is 0.638. The van der Waals surface area contributed by atoms with Crippen LogP contribution in [0, 0.1) is 0 Å². The SMILES string of the molecule is C=CCN(C(=O)CN(C)c1c(N)n(CCCC)c(=O)[nH]c1=O)c1ccccc1. The summed E-state index contributed by atoms with van der Waals surface area (Å²) in [7, 11) is 1.60. The van der Waals surface area contributed by atoms with Crippen LogP contribution in [0.4, 0.5) is 17.2 Å². The number of hydrogen-bond donors (Lipinski definition) is 2. The van der Waals surface area contributed by atoms with E-state index in [1.165, 1.54) is 9.47 Å². The van der Waals surface area contributed by atoms with Gasteiger partial charge in [0.15, 0.2) is 0 Å². The molecule has 0 spiro atoms. The molecule has 0 radical (unpaired) electrons. The molecule has 0 saturated carbocycles. The molecule has 3 N–H and O–H groups in total. The summed E-state index contributed by atoms with van der Waals surface area (Å²) in [5.74, 6) is -0.161. The molecule has 2 rings (SSSR count). The second-order valence-corrected chi connectivity index (χ2v) is 6.48. The van der Waals surface area contributed by atoms with Gasteiger partial charge in [-0.2, -0.15) is 0 Å². The number of para-hydroxylation sites is 1. The zero-order valence-corrected chi connectivity index (χ0v) is 16.4. The summed E-state index contributed by atoms with van der Waals surface area (Å²) < 4.78 is 1.33. The maximum Gasteiger partial charge on any atom is 0.330 e. The van der Waals surface area contributed by atoms with Crippen molar-refractivity contribution in [2.45, 2.75) is 26.3 Å². The molecule has 0 atom stereocenters. The molecule has 1 aromatic carbocycles. The van der Waals surface area contributed by atoms with Gasteiger partial charge in [-0.15, -0.1) is 6.58 Å². The highest BCUT2D eigenvalue weighted by atomic mass is 16.2. The number of aromatic nitrogens is 2. The topological polar surface area (TPSA) is 104 Å². The minimum absolute atomic E-state index is 0.0625. The highest BCUT2D eigenvalue weighted by Gasteiger charge is 2.21. The molecule has 28 heavy (non-hydrogen) atoms. The average Bonchev–Trinajstić information content (AvgIpc) is 2.66. The van der Waals surface area contributed by atoms with Gasteiger partial charge < -0.3 is 15.5 Å². The number of nitrogen functional groups attached to an aromatic ring is 1. The lowest BCUT2D eigenvalue weighted by Gasteiger charge is -2.26. The van der Waals surface area contributed by atoms with Crippen molar-refractivity contribution in [3.8, 4) is 0 Å². The van der Waals surface area contributed by atoms with Gasteiger partial charge in [0.1, 0.15) is 11.5 Å². The number of nitrogens with one attached hydrogen (secondary N) is 1. The van der Waals surface area contributed by atoms with Crippen molar-refractivity contribution >= 4 is 23.1 Å². The predicted octanol–water partition coefficient (Wildman–Crippen LogP) is 1.57. The molecule has 8 nitrogen and oxygen atoms in total. The molecule has 0 fully saturated rings. The third-order valence-electron chi connectivity index (χ3n) is 4.38. The number of aromatic amines is 1. The van der Waals surface area contributed by atoms with Crippen LogP contribution in [0.5, 0.6) is 0 Å². The number of hydrogen-bond acceptors (Lipinski definition) is 5. The second kappa shape index (κ2) is 9.59. The Kier molecular flexibility index (Phi) is 7.20. The molecule has 2 aromatic rings. The molecule has 0 aliphatic carbocycles. The van der Waals surface area contributed by atoms with Gasteiger partial charge in [-0.3, -0.25) is 19.1 Å². The maximum absolute atomic E-state index is 12.9. The van der Waals surface area contributed by atoms with Gasteiger partial charge >= 0.3 is 5.69 Å². The van der Waals surface area contributed by atoms with Crippen LogP contribution >= 0.6 is 0 Å². The monoisotopic (exact) mass is 385 g/mol. The minimum Gasteiger partial charge on any atom is -0.383 e. The smallest absolute Gasteiger partial charge is 0.330 e. The van der Waals surface area contributed by atoms with Crippen molar-refractivity contribution in [1.82, 2.24) is 9.55 Å². The maximum atomic E-state index is 12.9. The molecule has 0 aliphatic rings. The number of anilines is 3. The Hall–Kier alpha value is -3.29. The van der Waals surface area contributed by atoms with E-state index in [2.05, 4.69) is 11.6 Å². The molecular weight excluding hydrogens is 358 g/mol. The highest BCUT2D eigenvalue weighted by molar-refractivity contribution is 5.96. The molecular formula is C20H27N5O3. The standard InChI is InChI=1S/C20H27N5O3/c1-4-6-13-25-18(21)17(19(27)22-20(25)28)23(3)14-16(26)24(12-5-2)15-10-8-7-9-11-15/h5,7-11H,2,4,6,12-14,21H2,1,3H3,(H,22,27,28). The molecule has 1 aromatic heterocycles. The number of benzene rings is 1. The van der Waals surface area contributed by atoms with E-state index in [-0.39, 0.29) is 24.0 Å². The van der Waals surface area contributed by atoms with E-state index in [9.17, 15) is 14.4 Å². The van der Waals surface area contributed by atoms with Gasteiger partial charge in [-0.05, 0) is 18.6 Å². The van der Waals surface area contributed by atoms with Gasteiger partial charge in [0.25, 0.3) is 5.56 Å². The number of H-pyrrole nitrogens is 1. The van der Waals surface area contributed by atoms with Crippen molar-refractivity contribution in [3.63, 3.8) is 0 Å². The fourth-order valence-corrected chi connectivity index (χ4v) is 2.94. The first kappa shape index (κ1) is 21.0. The van der Waals surface area contributed by atoms with Crippen LogP contribution in [0.15, 0.2) is 52.6 Å². The van der Waals surface area contributed by atoms with Crippen LogP contribution in [-0.2, 0) is 11.3 Å². The van der Waals surface area contributed by atoms with Crippen molar-refractivity contribution in [2.24, 2.45) is 0 Å². The van der Waals surface area contributed by atoms with Crippen LogP contribution in [0.2, 0.25) is 0 Å². The number of carbonyl (C=O) groups is 1. The molecule has 0 saturated heterocycles. The second-order valence-electron chi connectivity index (χ2n) is 6.48. The van der Waals surface area contributed by atoms with Gasteiger partial charge in [0.05, 0.1) is 6.54 Å². The summed E-state index contributed by atoms with van der Waals surface area (Å²) in [6.07, 6.45) is 3.26. The first-order valence-corrected chi connectivity index (χ1v) is 9.20. The summed E-state index contributed by atoms with van der Waals surface area (Å²) in [4.78, 5) is 42.6. The van der Waals surface area contributed by atoms with Crippen LogP contribution in [0.25, 0.3) is 0 Å². The molecule has 0 aliphatic heterocycles. The van der Waals surface area contributed by atoms with Gasteiger partial charge in [0, 0.05) is 25.8 Å². The van der Waals surface area contributed by atoms with E-state index >= 15 is 0 Å². The van der Waals surface area contributed by atoms with Crippen molar-refractivity contribution in [1.29, 1.82) is 0 Å². The Bertz CT molecular complexity index is 933. The van der Waals surface area contributed by atoms with Crippen molar-refractivity contribution in [2.75, 3.05) is 35.7 Å². The molecule has 0 bridgehead atoms. The van der Waals surface area contributed by atoms with E-state index in [4.69, 9.17) is 5.73 Å². The predicted molar refractivity (Wildman–Crippen MR) is 113 cm³/mol. The number of nitrogens with zero attached hydrogens (tertiary/aromatic N) is 3. The molecule has 8 heteroatoms. The number of likely N-dealkylation sites (N-methyl/N-ethyl adjacent to an activating group) is 1. The molecule has 150 valence electrons. The zero-order chi connectivity index (χ0) is 20.7. The van der Waals surface area contributed by atoms with E-state index < -0.39 is 11.2 Å². The number of rotatable bonds is 9. The first-order chi connectivity index (χ1) is 13.4. The summed E-state index contributed by atoms with van der Waals surface area (Å²) >= 11 is 0. The molecule has 1 amide bonds. The Morgan fingerprint density at radius 3 is 2.57 bits per heavy atom. The van der Waals surface area contributed by atoms with E-state index in [1.54, 1.807) is 18.0 Å². The summed E-state index contributed by atoms with van der Waals surface area (Å²) in [6.45, 7) is 6.35. The average molecular weight is 385 g/mol. The molecule has 0 unspecified atom stereocenters. The van der Waals surface area contributed by atoms with Gasteiger partial charge in [-0.1, -0.05) is 37.6 Å². The normalized spacial score (nSPS) is 10.5. The number of nitrogens with two attached hydrogens (primary N) is 1. The first-order valence-electron chi connectivity index (χ1n) is 9.20. The summed E-state index contributed by atoms with van der Waals surface area (Å²) in [5, 5.41) is 0. The fraction of sp³-hybridized carbons (Fsp3) is 0.350. The van der Waals surface area contributed by atoms with Crippen LogP contribution in [0.3, 0.4) is 0 Å². The van der Waals surface area contributed by atoms with Gasteiger partial charge in [0.2, 0.25) is 5.91 Å². The minimum atomic E-state index is -0.611. The van der Waals surface area contributed by atoms with E-state index in [1.807, 2.05) is 37.3 Å². The zero-order valence-electron chi connectivity index (χ0n) is 16.4. The third kappa shape index (κ3) is 4.70. The van der Waals surface area contributed by atoms with Crippen LogP contribution in [-0.4, -0.2) is 35.6 Å². The Morgan fingerprint density at radius 2 is 1.96 bits per heavy atom. The Labute approximate surface area is 163 Å². The fourth-order valence-electron chi connectivity index (χ4n) is 2.94. The Balaban J connectivity index is 2.31. The van der Waals surface area contributed by atoms with Crippen molar-refractivity contribution in [3.05, 3.63) is 63.8 Å². The van der Waals surface area contributed by atoms with E-state index in [0.717, 1.165) is 18.5 Å². The largest absolute Gasteiger partial charge is 0.383 e. The summed E-state index contributed by atoms with van der Waals surface area (Å²) in [5.41, 5.74) is 5.79. The number of unbranched alkanes of at least 4 members (excludes halogenated alkanes) is 1. The Morgan fingerprint density at radius 1 is 1.29 bits per heavy atom. The molecule has 1 heterocycles. The lowest BCUT2D eigenvalue weighted by Crippen LogP contribution is -2.43. The lowest BCUT2D eigenvalue weighted by molar-refractivity contribution is -0.117. The lowest BCUT2D eigenvalue weighted by atomic mass is 10.2. The van der Waals surface area contributed by atoms with Crippen LogP contribution in [0.1, 0.15) is 19.8 Å².